The number of esters is 2. The normalized spacial score (nSPS) is 18.5. The average Bonchev–Trinajstić information content (AvgIpc) is 3.03. The third-order valence-electron chi connectivity index (χ3n) is 8.24. The van der Waals surface area contributed by atoms with E-state index in [0.29, 0.717) is 30.9 Å². The van der Waals surface area contributed by atoms with Crippen LogP contribution in [0.15, 0.2) is 72.8 Å². The van der Waals surface area contributed by atoms with E-state index >= 15 is 0 Å². The number of hydrogen-bond donors (Lipinski definition) is 0. The number of carbonyl (C=O) groups excluding carboxylic acids is 2. The Morgan fingerprint density at radius 3 is 2.18 bits per heavy atom. The van der Waals surface area contributed by atoms with Crippen LogP contribution in [0.25, 0.3) is 5.57 Å². The number of unbranched alkanes of at least 4 members (excludes halogenated alkanes) is 8. The van der Waals surface area contributed by atoms with E-state index in [-0.39, 0.29) is 12.1 Å². The minimum atomic E-state index is -1.09. The summed E-state index contributed by atoms with van der Waals surface area (Å²) in [4.78, 5) is 26.4. The van der Waals surface area contributed by atoms with E-state index in [4.69, 9.17) is 25.8 Å². The summed E-state index contributed by atoms with van der Waals surface area (Å²) < 4.78 is 17.5. The molecule has 0 radical (unpaired) electrons. The van der Waals surface area contributed by atoms with Crippen LogP contribution in [-0.4, -0.2) is 36.6 Å². The molecule has 0 saturated carbocycles. The van der Waals surface area contributed by atoms with E-state index in [9.17, 15) is 9.59 Å². The monoisotopic (exact) mass is 622 g/mol. The molecule has 5 nitrogen and oxygen atoms in total. The Morgan fingerprint density at radius 2 is 1.50 bits per heavy atom. The van der Waals surface area contributed by atoms with Crippen molar-refractivity contribution < 1.29 is 23.8 Å². The van der Waals surface area contributed by atoms with Crippen molar-refractivity contribution in [2.75, 3.05) is 13.2 Å². The molecular weight excluding hydrogens is 572 g/mol. The molecule has 0 N–H and O–H groups in total. The minimum absolute atomic E-state index is 0.146. The maximum Gasteiger partial charge on any atom is 0.338 e. The van der Waals surface area contributed by atoms with Gasteiger partial charge in [0, 0.05) is 13.2 Å². The number of alkyl halides is 1. The first-order valence-electron chi connectivity index (χ1n) is 16.6. The Kier molecular flexibility index (Phi) is 15.8. The Morgan fingerprint density at radius 1 is 0.841 bits per heavy atom. The largest absolute Gasteiger partial charge is 0.459 e. The molecule has 1 aliphatic rings. The Hall–Kier alpha value is -2.89. The van der Waals surface area contributed by atoms with Crippen LogP contribution in [0.1, 0.15) is 114 Å². The van der Waals surface area contributed by atoms with Gasteiger partial charge in [0.05, 0.1) is 17.0 Å². The number of benzene rings is 2. The molecule has 0 spiro atoms. The second-order valence-corrected chi connectivity index (χ2v) is 12.3. The average molecular weight is 623 g/mol. The highest BCUT2D eigenvalue weighted by molar-refractivity contribution is 6.25. The van der Waals surface area contributed by atoms with E-state index in [2.05, 4.69) is 13.8 Å². The predicted molar refractivity (Wildman–Crippen MR) is 180 cm³/mol. The van der Waals surface area contributed by atoms with Gasteiger partial charge in [0.15, 0.2) is 0 Å². The lowest BCUT2D eigenvalue weighted by Crippen LogP contribution is -2.42. The van der Waals surface area contributed by atoms with Gasteiger partial charge in [-0.05, 0) is 68.0 Å². The van der Waals surface area contributed by atoms with Gasteiger partial charge in [-0.25, -0.2) is 4.79 Å². The van der Waals surface area contributed by atoms with Crippen molar-refractivity contribution in [3.05, 3.63) is 84.0 Å². The first kappa shape index (κ1) is 35.6. The molecule has 44 heavy (non-hydrogen) atoms. The van der Waals surface area contributed by atoms with Crippen molar-refractivity contribution in [2.45, 2.75) is 109 Å². The van der Waals surface area contributed by atoms with Crippen molar-refractivity contribution in [1.29, 1.82) is 0 Å². The van der Waals surface area contributed by atoms with Gasteiger partial charge in [-0.2, -0.15) is 0 Å². The molecule has 0 saturated heterocycles. The van der Waals surface area contributed by atoms with Crippen molar-refractivity contribution in [1.82, 2.24) is 0 Å². The van der Waals surface area contributed by atoms with Gasteiger partial charge in [-0.3, -0.25) is 4.79 Å². The van der Waals surface area contributed by atoms with Crippen LogP contribution in [0.3, 0.4) is 0 Å². The smallest absolute Gasteiger partial charge is 0.338 e. The Bertz CT molecular complexity index is 1190. The first-order valence-corrected chi connectivity index (χ1v) is 17.0. The summed E-state index contributed by atoms with van der Waals surface area (Å²) in [6.07, 6.45) is 18.6. The lowest BCUT2D eigenvalue weighted by Gasteiger charge is -2.34. The van der Waals surface area contributed by atoms with E-state index in [1.807, 2.05) is 55.5 Å². The number of carbonyl (C=O) groups is 2. The van der Waals surface area contributed by atoms with Crippen LogP contribution in [0, 0.1) is 5.41 Å². The summed E-state index contributed by atoms with van der Waals surface area (Å²) >= 11 is 6.98. The third-order valence-corrected chi connectivity index (χ3v) is 8.76. The molecule has 0 aliphatic heterocycles. The van der Waals surface area contributed by atoms with Crippen LogP contribution in [0.2, 0.25) is 0 Å². The van der Waals surface area contributed by atoms with Gasteiger partial charge in [0.2, 0.25) is 0 Å². The zero-order valence-corrected chi connectivity index (χ0v) is 27.7. The van der Waals surface area contributed by atoms with Crippen LogP contribution < -0.4 is 4.74 Å². The number of halogens is 1. The topological polar surface area (TPSA) is 61.8 Å². The summed E-state index contributed by atoms with van der Waals surface area (Å²) in [6.45, 7) is 7.38. The summed E-state index contributed by atoms with van der Waals surface area (Å²) in [5, 5.41) is -0.624. The fraction of sp³-hybridized carbons (Fsp3) is 0.526. The van der Waals surface area contributed by atoms with Gasteiger partial charge < -0.3 is 14.2 Å². The standard InChI is InChI=1S/C38H51ClO5/c1-4-6-8-10-11-16-27-42-28-26-38(25-24-33(29-35(38)39)31-18-14-12-15-19-31)37(41)44-34-22-20-32(21-23-34)36(40)43-30(3)17-13-9-7-5-2/h12,14-15,18-25,29-30,35H,4-11,13,16-17,26-28H2,1-3H3. The van der Waals surface area contributed by atoms with E-state index < -0.39 is 16.8 Å². The molecule has 3 rings (SSSR count). The van der Waals surface area contributed by atoms with E-state index in [1.54, 1.807) is 24.3 Å². The van der Waals surface area contributed by atoms with E-state index in [1.165, 1.54) is 38.5 Å². The fourth-order valence-corrected chi connectivity index (χ4v) is 5.78. The van der Waals surface area contributed by atoms with Crippen LogP contribution in [0.4, 0.5) is 0 Å². The lowest BCUT2D eigenvalue weighted by molar-refractivity contribution is -0.143. The molecule has 1 aliphatic carbocycles. The molecule has 240 valence electrons. The summed E-state index contributed by atoms with van der Waals surface area (Å²) in [5.74, 6) is -0.475. The Balaban J connectivity index is 1.62. The van der Waals surface area contributed by atoms with Crippen LogP contribution in [0.5, 0.6) is 5.75 Å². The number of rotatable bonds is 20. The summed E-state index contributed by atoms with van der Waals surface area (Å²) in [6, 6.07) is 16.5. The summed E-state index contributed by atoms with van der Waals surface area (Å²) in [7, 11) is 0. The minimum Gasteiger partial charge on any atom is -0.459 e. The Labute approximate surface area is 270 Å². The number of hydrogen-bond acceptors (Lipinski definition) is 5. The maximum absolute atomic E-state index is 13.8. The molecule has 0 amide bonds. The second kappa shape index (κ2) is 19.5. The predicted octanol–water partition coefficient (Wildman–Crippen LogP) is 10.1. The third kappa shape index (κ3) is 11.2. The molecule has 3 unspecified atom stereocenters. The van der Waals surface area contributed by atoms with Gasteiger partial charge in [0.1, 0.15) is 11.2 Å². The SMILES string of the molecule is CCCCCCCCOCCC1(C(=O)Oc2ccc(C(=O)OC(C)CCCCCC)cc2)C=CC(c2ccccc2)=CC1Cl. The zero-order valence-electron chi connectivity index (χ0n) is 26.9. The second-order valence-electron chi connectivity index (χ2n) is 11.9. The van der Waals surface area contributed by atoms with Gasteiger partial charge >= 0.3 is 11.9 Å². The zero-order chi connectivity index (χ0) is 31.6. The molecular formula is C38H51ClO5. The molecule has 3 atom stereocenters. The van der Waals surface area contributed by atoms with Crippen molar-refractivity contribution in [3.8, 4) is 5.75 Å². The van der Waals surface area contributed by atoms with Crippen LogP contribution in [-0.2, 0) is 14.3 Å². The van der Waals surface area contributed by atoms with Gasteiger partial charge in [-0.1, -0.05) is 114 Å². The summed E-state index contributed by atoms with van der Waals surface area (Å²) in [5.41, 5.74) is 1.33. The molecule has 0 fully saturated rings. The van der Waals surface area contributed by atoms with Gasteiger partial charge in [0.25, 0.3) is 0 Å². The quantitative estimate of drug-likeness (QED) is 0.0636. The number of allylic oxidation sites excluding steroid dienone is 3. The molecule has 2 aromatic carbocycles. The maximum atomic E-state index is 13.8. The molecule has 0 aromatic heterocycles. The van der Waals surface area contributed by atoms with E-state index in [0.717, 1.165) is 43.2 Å². The van der Waals surface area contributed by atoms with Crippen molar-refractivity contribution in [3.63, 3.8) is 0 Å². The highest BCUT2D eigenvalue weighted by Gasteiger charge is 2.45. The molecule has 0 heterocycles. The molecule has 6 heteroatoms. The highest BCUT2D eigenvalue weighted by Crippen LogP contribution is 2.41. The fourth-order valence-electron chi connectivity index (χ4n) is 5.38. The first-order chi connectivity index (χ1) is 21.4. The number of ether oxygens (including phenoxy) is 3. The molecule has 2 aromatic rings. The van der Waals surface area contributed by atoms with Crippen molar-refractivity contribution in [2.24, 2.45) is 5.41 Å². The lowest BCUT2D eigenvalue weighted by atomic mass is 9.76. The van der Waals surface area contributed by atoms with Crippen LogP contribution >= 0.6 is 11.6 Å². The molecule has 0 bridgehead atoms. The highest BCUT2D eigenvalue weighted by atomic mass is 35.5. The van der Waals surface area contributed by atoms with Crippen molar-refractivity contribution >= 4 is 29.1 Å². The van der Waals surface area contributed by atoms with Gasteiger partial charge in [-0.15, -0.1) is 11.6 Å².